The second-order valence-corrected chi connectivity index (χ2v) is 3.06. The molecule has 0 aliphatic rings. The molecule has 0 N–H and O–H groups in total. The molecule has 78 valence electrons. The maximum Gasteiger partial charge on any atom is 0.308 e. The van der Waals surface area contributed by atoms with Gasteiger partial charge in [0.1, 0.15) is 17.6 Å². The Bertz CT molecular complexity index is 498. The van der Waals surface area contributed by atoms with E-state index in [-0.39, 0.29) is 5.97 Å². The van der Waals surface area contributed by atoms with Gasteiger partial charge in [-0.25, -0.2) is 0 Å². The average molecular weight is 206 g/mol. The van der Waals surface area contributed by atoms with Crippen LogP contribution in [-0.2, 0) is 4.79 Å². The summed E-state index contributed by atoms with van der Waals surface area (Å²) in [4.78, 5) is 10.8. The molecule has 0 amide bonds. The number of hydrogen-bond acceptors (Lipinski definition) is 4. The molecule has 2 aromatic rings. The first-order chi connectivity index (χ1) is 7.20. The van der Waals surface area contributed by atoms with E-state index in [4.69, 9.17) is 13.9 Å². The Morgan fingerprint density at radius 1 is 1.40 bits per heavy atom. The highest BCUT2D eigenvalue weighted by atomic mass is 16.5. The molecule has 0 saturated carbocycles. The van der Waals surface area contributed by atoms with Gasteiger partial charge in [-0.2, -0.15) is 0 Å². The topological polar surface area (TPSA) is 48.7 Å². The number of carbonyl (C=O) groups excluding carboxylic acids is 1. The van der Waals surface area contributed by atoms with Crippen LogP contribution in [0.2, 0.25) is 0 Å². The highest BCUT2D eigenvalue weighted by Gasteiger charge is 2.09. The molecule has 0 radical (unpaired) electrons. The van der Waals surface area contributed by atoms with Crippen molar-refractivity contribution in [3.8, 4) is 11.5 Å². The number of rotatable bonds is 2. The fraction of sp³-hybridized carbons (Fsp3) is 0.182. The van der Waals surface area contributed by atoms with Crippen molar-refractivity contribution >= 4 is 16.9 Å². The number of carbonyl (C=O) groups is 1. The molecule has 4 nitrogen and oxygen atoms in total. The molecule has 1 heterocycles. The molecule has 15 heavy (non-hydrogen) atoms. The van der Waals surface area contributed by atoms with E-state index in [1.165, 1.54) is 13.2 Å². The van der Waals surface area contributed by atoms with Crippen LogP contribution >= 0.6 is 0 Å². The number of ether oxygens (including phenoxy) is 2. The zero-order valence-electron chi connectivity index (χ0n) is 8.44. The van der Waals surface area contributed by atoms with Gasteiger partial charge in [0.2, 0.25) is 0 Å². The second kappa shape index (κ2) is 3.65. The van der Waals surface area contributed by atoms with Crippen molar-refractivity contribution in [2.24, 2.45) is 0 Å². The Balaban J connectivity index is 2.47. The molecule has 0 unspecified atom stereocenters. The van der Waals surface area contributed by atoms with E-state index >= 15 is 0 Å². The zero-order chi connectivity index (χ0) is 10.8. The lowest BCUT2D eigenvalue weighted by Gasteiger charge is -1.99. The highest BCUT2D eigenvalue weighted by molar-refractivity contribution is 5.87. The largest absolute Gasteiger partial charge is 0.497 e. The highest BCUT2D eigenvalue weighted by Crippen LogP contribution is 2.30. The minimum atomic E-state index is -0.367. The summed E-state index contributed by atoms with van der Waals surface area (Å²) in [5.41, 5.74) is 0.630. The molecule has 0 aliphatic carbocycles. The van der Waals surface area contributed by atoms with Crippen molar-refractivity contribution in [2.45, 2.75) is 6.92 Å². The van der Waals surface area contributed by atoms with Crippen LogP contribution < -0.4 is 9.47 Å². The molecule has 0 spiro atoms. The van der Waals surface area contributed by atoms with Crippen LogP contribution in [0.15, 0.2) is 28.9 Å². The van der Waals surface area contributed by atoms with E-state index in [1.54, 1.807) is 25.3 Å². The predicted molar refractivity (Wildman–Crippen MR) is 54.1 cm³/mol. The minimum absolute atomic E-state index is 0.367. The third-order valence-electron chi connectivity index (χ3n) is 2.00. The lowest BCUT2D eigenvalue weighted by Crippen LogP contribution is -2.00. The van der Waals surface area contributed by atoms with E-state index in [2.05, 4.69) is 0 Å². The number of esters is 1. The van der Waals surface area contributed by atoms with Crippen LogP contribution in [-0.4, -0.2) is 13.1 Å². The molecule has 2 rings (SSSR count). The van der Waals surface area contributed by atoms with E-state index in [0.717, 1.165) is 5.39 Å². The number of benzene rings is 1. The van der Waals surface area contributed by atoms with E-state index in [1.807, 2.05) is 0 Å². The van der Waals surface area contributed by atoms with Gasteiger partial charge in [0, 0.05) is 13.0 Å². The Kier molecular flexibility index (Phi) is 2.33. The molecule has 4 heteroatoms. The number of methoxy groups -OCH3 is 1. The Labute approximate surface area is 86.4 Å². The first-order valence-corrected chi connectivity index (χ1v) is 4.44. The van der Waals surface area contributed by atoms with Crippen LogP contribution in [0.3, 0.4) is 0 Å². The number of hydrogen-bond donors (Lipinski definition) is 0. The molecular weight excluding hydrogens is 196 g/mol. The SMILES string of the molecule is COc1ccc2c(OC(C)=O)coc2c1. The standard InChI is InChI=1S/C11H10O4/c1-7(12)15-11-6-14-10-5-8(13-2)3-4-9(10)11/h3-6H,1-2H3. The third kappa shape index (κ3) is 1.79. The third-order valence-corrected chi connectivity index (χ3v) is 2.00. The summed E-state index contributed by atoms with van der Waals surface area (Å²) in [5, 5.41) is 0.756. The molecule has 0 aliphatic heterocycles. The summed E-state index contributed by atoms with van der Waals surface area (Å²) in [6, 6.07) is 5.31. The fourth-order valence-corrected chi connectivity index (χ4v) is 1.35. The molecule has 1 aromatic heterocycles. The molecule has 0 saturated heterocycles. The first-order valence-electron chi connectivity index (χ1n) is 4.44. The quantitative estimate of drug-likeness (QED) is 0.708. The molecule has 0 bridgehead atoms. The lowest BCUT2D eigenvalue weighted by atomic mass is 10.2. The minimum Gasteiger partial charge on any atom is -0.497 e. The molecule has 0 fully saturated rings. The summed E-state index contributed by atoms with van der Waals surface area (Å²) in [5.74, 6) is 0.764. The Hall–Kier alpha value is -1.97. The van der Waals surface area contributed by atoms with Crippen LogP contribution in [0.4, 0.5) is 0 Å². The van der Waals surface area contributed by atoms with Gasteiger partial charge in [-0.15, -0.1) is 0 Å². The van der Waals surface area contributed by atoms with Crippen molar-refractivity contribution in [3.63, 3.8) is 0 Å². The summed E-state index contributed by atoms with van der Waals surface area (Å²) in [6.45, 7) is 1.35. The lowest BCUT2D eigenvalue weighted by molar-refractivity contribution is -0.131. The summed E-state index contributed by atoms with van der Waals surface area (Å²) >= 11 is 0. The Morgan fingerprint density at radius 2 is 2.20 bits per heavy atom. The fourth-order valence-electron chi connectivity index (χ4n) is 1.35. The monoisotopic (exact) mass is 206 g/mol. The van der Waals surface area contributed by atoms with E-state index in [9.17, 15) is 4.79 Å². The number of furan rings is 1. The van der Waals surface area contributed by atoms with Crippen LogP contribution in [0.1, 0.15) is 6.92 Å². The molecular formula is C11H10O4. The van der Waals surface area contributed by atoms with Crippen molar-refractivity contribution in [1.29, 1.82) is 0 Å². The van der Waals surface area contributed by atoms with Crippen molar-refractivity contribution in [2.75, 3.05) is 7.11 Å². The predicted octanol–water partition coefficient (Wildman–Crippen LogP) is 2.37. The number of fused-ring (bicyclic) bond motifs is 1. The van der Waals surface area contributed by atoms with Gasteiger partial charge in [-0.3, -0.25) is 4.79 Å². The van der Waals surface area contributed by atoms with Gasteiger partial charge >= 0.3 is 5.97 Å². The van der Waals surface area contributed by atoms with E-state index < -0.39 is 0 Å². The smallest absolute Gasteiger partial charge is 0.308 e. The maximum absolute atomic E-state index is 10.8. The van der Waals surface area contributed by atoms with Gasteiger partial charge in [-0.1, -0.05) is 0 Å². The van der Waals surface area contributed by atoms with Crippen molar-refractivity contribution in [1.82, 2.24) is 0 Å². The van der Waals surface area contributed by atoms with Gasteiger partial charge in [-0.05, 0) is 12.1 Å². The van der Waals surface area contributed by atoms with Gasteiger partial charge in [0.15, 0.2) is 5.75 Å². The molecule has 1 aromatic carbocycles. The normalized spacial score (nSPS) is 10.3. The summed E-state index contributed by atoms with van der Waals surface area (Å²) in [7, 11) is 1.58. The zero-order valence-corrected chi connectivity index (χ0v) is 8.44. The van der Waals surface area contributed by atoms with Crippen molar-refractivity contribution < 1.29 is 18.7 Å². The van der Waals surface area contributed by atoms with E-state index in [0.29, 0.717) is 17.1 Å². The first kappa shape index (κ1) is 9.58. The average Bonchev–Trinajstić information content (AvgIpc) is 2.60. The van der Waals surface area contributed by atoms with Gasteiger partial charge in [0.25, 0.3) is 0 Å². The summed E-state index contributed by atoms with van der Waals surface area (Å²) < 4.78 is 15.2. The maximum atomic E-state index is 10.8. The van der Waals surface area contributed by atoms with Gasteiger partial charge < -0.3 is 13.9 Å². The van der Waals surface area contributed by atoms with Gasteiger partial charge in [0.05, 0.1) is 12.5 Å². The molecule has 0 atom stereocenters. The van der Waals surface area contributed by atoms with Crippen LogP contribution in [0.5, 0.6) is 11.5 Å². The second-order valence-electron chi connectivity index (χ2n) is 3.06. The summed E-state index contributed by atoms with van der Waals surface area (Å²) in [6.07, 6.45) is 1.41. The van der Waals surface area contributed by atoms with Crippen LogP contribution in [0, 0.1) is 0 Å². The Morgan fingerprint density at radius 3 is 2.87 bits per heavy atom. The van der Waals surface area contributed by atoms with Crippen LogP contribution in [0.25, 0.3) is 11.0 Å². The van der Waals surface area contributed by atoms with Crippen molar-refractivity contribution in [3.05, 3.63) is 24.5 Å².